The number of ether oxygens (including phenoxy) is 1. The van der Waals surface area contributed by atoms with E-state index in [1.54, 1.807) is 20.8 Å². The van der Waals surface area contributed by atoms with Crippen molar-refractivity contribution < 1.29 is 9.53 Å². The molecule has 0 saturated heterocycles. The normalized spacial score (nSPS) is 13.9. The molecule has 0 bridgehead atoms. The van der Waals surface area contributed by atoms with Crippen molar-refractivity contribution in [2.24, 2.45) is 5.41 Å². The molecule has 0 radical (unpaired) electrons. The Hall–Kier alpha value is -1.24. The summed E-state index contributed by atoms with van der Waals surface area (Å²) in [7, 11) is 0. The maximum Gasteiger partial charge on any atom is 0.408 e. The summed E-state index contributed by atoms with van der Waals surface area (Å²) < 4.78 is 5.06. The molecule has 0 saturated carbocycles. The first-order chi connectivity index (χ1) is 6.56. The first-order valence-corrected chi connectivity index (χ1v) is 4.95. The van der Waals surface area contributed by atoms with E-state index in [1.165, 1.54) is 0 Å². The molecule has 0 aliphatic carbocycles. The number of rotatable bonds is 1. The zero-order valence-electron chi connectivity index (χ0n) is 10.3. The fourth-order valence-electron chi connectivity index (χ4n) is 0.868. The van der Waals surface area contributed by atoms with E-state index in [-0.39, 0.29) is 5.41 Å². The molecule has 0 aliphatic rings. The summed E-state index contributed by atoms with van der Waals surface area (Å²) in [5, 5.41) is 11.4. The van der Waals surface area contributed by atoms with Crippen molar-refractivity contribution in [1.29, 1.82) is 5.26 Å². The average Bonchev–Trinajstić information content (AvgIpc) is 1.94. The minimum absolute atomic E-state index is 0.300. The quantitative estimate of drug-likeness (QED) is 0.726. The van der Waals surface area contributed by atoms with Gasteiger partial charge in [-0.05, 0) is 26.2 Å². The number of nitrogens with one attached hydrogen (secondary N) is 1. The lowest BCUT2D eigenvalue weighted by molar-refractivity contribution is 0.0487. The van der Waals surface area contributed by atoms with Gasteiger partial charge in [-0.1, -0.05) is 20.8 Å². The van der Waals surface area contributed by atoms with Crippen LogP contribution in [0.4, 0.5) is 4.79 Å². The summed E-state index contributed by atoms with van der Waals surface area (Å²) in [5.74, 6) is 0. The molecule has 0 heterocycles. The molecular formula is C11H20N2O2. The molecule has 0 aromatic carbocycles. The van der Waals surface area contributed by atoms with Gasteiger partial charge < -0.3 is 10.1 Å². The van der Waals surface area contributed by atoms with Crippen molar-refractivity contribution in [2.75, 3.05) is 0 Å². The lowest BCUT2D eigenvalue weighted by atomic mass is 9.88. The number of hydrogen-bond donors (Lipinski definition) is 1. The van der Waals surface area contributed by atoms with Gasteiger partial charge in [-0.2, -0.15) is 5.26 Å². The average molecular weight is 212 g/mol. The summed E-state index contributed by atoms with van der Waals surface area (Å²) in [4.78, 5) is 11.4. The van der Waals surface area contributed by atoms with E-state index < -0.39 is 17.7 Å². The van der Waals surface area contributed by atoms with E-state index >= 15 is 0 Å². The van der Waals surface area contributed by atoms with Crippen LogP contribution >= 0.6 is 0 Å². The molecule has 1 amide bonds. The molecule has 0 rings (SSSR count). The first kappa shape index (κ1) is 13.8. The molecule has 0 aliphatic heterocycles. The van der Waals surface area contributed by atoms with Crippen LogP contribution in [0.15, 0.2) is 0 Å². The Morgan fingerprint density at radius 3 is 2.00 bits per heavy atom. The van der Waals surface area contributed by atoms with Crippen LogP contribution in [0.5, 0.6) is 0 Å². The van der Waals surface area contributed by atoms with E-state index in [0.717, 1.165) is 0 Å². The second-order valence-electron chi connectivity index (χ2n) is 5.57. The highest BCUT2D eigenvalue weighted by molar-refractivity contribution is 5.68. The zero-order chi connectivity index (χ0) is 12.3. The first-order valence-electron chi connectivity index (χ1n) is 4.95. The van der Waals surface area contributed by atoms with Gasteiger partial charge in [0.2, 0.25) is 0 Å². The Morgan fingerprint density at radius 1 is 1.27 bits per heavy atom. The molecular weight excluding hydrogens is 192 g/mol. The van der Waals surface area contributed by atoms with Gasteiger partial charge in [0.05, 0.1) is 6.07 Å². The van der Waals surface area contributed by atoms with Gasteiger partial charge in [0.1, 0.15) is 11.6 Å². The monoisotopic (exact) mass is 212 g/mol. The fraction of sp³-hybridized carbons (Fsp3) is 0.818. The summed E-state index contributed by atoms with van der Waals surface area (Å²) >= 11 is 0. The van der Waals surface area contributed by atoms with Crippen LogP contribution in [0, 0.1) is 16.7 Å². The van der Waals surface area contributed by atoms with Gasteiger partial charge >= 0.3 is 6.09 Å². The molecule has 1 unspecified atom stereocenters. The molecule has 0 spiro atoms. The van der Waals surface area contributed by atoms with E-state index in [2.05, 4.69) is 5.32 Å². The van der Waals surface area contributed by atoms with Gasteiger partial charge in [-0.25, -0.2) is 4.79 Å². The Kier molecular flexibility index (Phi) is 4.15. The highest BCUT2D eigenvalue weighted by Crippen LogP contribution is 2.19. The molecule has 4 heteroatoms. The van der Waals surface area contributed by atoms with Crippen LogP contribution < -0.4 is 5.32 Å². The Balaban J connectivity index is 4.36. The minimum atomic E-state index is -0.552. The topological polar surface area (TPSA) is 62.1 Å². The van der Waals surface area contributed by atoms with Crippen molar-refractivity contribution in [3.63, 3.8) is 0 Å². The fourth-order valence-corrected chi connectivity index (χ4v) is 0.868. The van der Waals surface area contributed by atoms with Crippen molar-refractivity contribution >= 4 is 6.09 Å². The Bertz CT molecular complexity index is 266. The number of carbonyl (C=O) groups is 1. The molecule has 0 aromatic heterocycles. The number of amides is 1. The van der Waals surface area contributed by atoms with Crippen LogP contribution in [0.3, 0.4) is 0 Å². The molecule has 15 heavy (non-hydrogen) atoms. The third-order valence-electron chi connectivity index (χ3n) is 1.66. The maximum absolute atomic E-state index is 11.4. The minimum Gasteiger partial charge on any atom is -0.444 e. The van der Waals surface area contributed by atoms with Crippen LogP contribution in [0.25, 0.3) is 0 Å². The number of nitriles is 1. The zero-order valence-corrected chi connectivity index (χ0v) is 10.3. The van der Waals surface area contributed by atoms with E-state index in [9.17, 15) is 4.79 Å². The van der Waals surface area contributed by atoms with Crippen molar-refractivity contribution in [3.8, 4) is 6.07 Å². The summed E-state index contributed by atoms with van der Waals surface area (Å²) in [6.45, 7) is 11.0. The van der Waals surface area contributed by atoms with Crippen molar-refractivity contribution in [1.82, 2.24) is 5.32 Å². The van der Waals surface area contributed by atoms with Gasteiger partial charge in [0, 0.05) is 0 Å². The third-order valence-corrected chi connectivity index (χ3v) is 1.66. The molecule has 4 nitrogen and oxygen atoms in total. The second kappa shape index (κ2) is 4.52. The number of carbonyl (C=O) groups excluding carboxylic acids is 1. The smallest absolute Gasteiger partial charge is 0.408 e. The third kappa shape index (κ3) is 5.95. The highest BCUT2D eigenvalue weighted by Gasteiger charge is 2.27. The number of hydrogen-bond acceptors (Lipinski definition) is 3. The Labute approximate surface area is 91.6 Å². The summed E-state index contributed by atoms with van der Waals surface area (Å²) in [5.41, 5.74) is -0.840. The maximum atomic E-state index is 11.4. The van der Waals surface area contributed by atoms with Gasteiger partial charge in [-0.3, -0.25) is 0 Å². The highest BCUT2D eigenvalue weighted by atomic mass is 16.6. The molecule has 0 aromatic rings. The standard InChI is InChI=1S/C11H20N2O2/c1-10(2,3)8(7-12)13-9(14)15-11(4,5)6/h8H,1-6H3,(H,13,14). The Morgan fingerprint density at radius 2 is 1.73 bits per heavy atom. The van der Waals surface area contributed by atoms with Crippen molar-refractivity contribution in [2.45, 2.75) is 53.2 Å². The number of alkyl carbamates (subject to hydrolysis) is 1. The predicted molar refractivity (Wildman–Crippen MR) is 58.2 cm³/mol. The van der Waals surface area contributed by atoms with E-state index in [4.69, 9.17) is 10.00 Å². The summed E-state index contributed by atoms with van der Waals surface area (Å²) in [6.07, 6.45) is -0.552. The van der Waals surface area contributed by atoms with E-state index in [0.29, 0.717) is 0 Å². The van der Waals surface area contributed by atoms with Crippen LogP contribution in [0.2, 0.25) is 0 Å². The van der Waals surface area contributed by atoms with E-state index in [1.807, 2.05) is 26.8 Å². The second-order valence-corrected chi connectivity index (χ2v) is 5.57. The SMILES string of the molecule is CC(C)(C)OC(=O)NC(C#N)C(C)(C)C. The van der Waals surface area contributed by atoms with Crippen LogP contribution in [0.1, 0.15) is 41.5 Å². The lowest BCUT2D eigenvalue weighted by Gasteiger charge is -2.27. The largest absolute Gasteiger partial charge is 0.444 e. The lowest BCUT2D eigenvalue weighted by Crippen LogP contribution is -2.44. The van der Waals surface area contributed by atoms with Gasteiger partial charge in [0.15, 0.2) is 0 Å². The van der Waals surface area contributed by atoms with Crippen LogP contribution in [-0.2, 0) is 4.74 Å². The molecule has 86 valence electrons. The molecule has 1 atom stereocenters. The predicted octanol–water partition coefficient (Wildman–Crippen LogP) is 2.45. The molecule has 0 fully saturated rings. The van der Waals surface area contributed by atoms with Crippen molar-refractivity contribution in [3.05, 3.63) is 0 Å². The van der Waals surface area contributed by atoms with Gasteiger partial charge in [-0.15, -0.1) is 0 Å². The summed E-state index contributed by atoms with van der Waals surface area (Å²) in [6, 6.07) is 1.50. The molecule has 1 N–H and O–H groups in total. The van der Waals surface area contributed by atoms with Crippen LogP contribution in [-0.4, -0.2) is 17.7 Å². The number of nitrogens with zero attached hydrogens (tertiary/aromatic N) is 1. The van der Waals surface area contributed by atoms with Gasteiger partial charge in [0.25, 0.3) is 0 Å².